The maximum atomic E-state index is 11.6. The molecule has 1 saturated heterocycles. The molecule has 0 bridgehead atoms. The largest absolute Gasteiger partial charge is 0.351 e. The third-order valence-electron chi connectivity index (χ3n) is 7.08. The van der Waals surface area contributed by atoms with E-state index in [1.165, 1.54) is 42.6 Å². The van der Waals surface area contributed by atoms with Crippen molar-refractivity contribution < 1.29 is 8.42 Å². The van der Waals surface area contributed by atoms with Crippen molar-refractivity contribution in [2.75, 3.05) is 15.9 Å². The highest BCUT2D eigenvalue weighted by molar-refractivity contribution is 7.92. The molecule has 5 rings (SSSR count). The van der Waals surface area contributed by atoms with Gasteiger partial charge in [-0.25, -0.2) is 8.42 Å². The number of benzene rings is 1. The van der Waals surface area contributed by atoms with Crippen molar-refractivity contribution in [1.82, 2.24) is 14.9 Å². The van der Waals surface area contributed by atoms with Crippen LogP contribution in [0.3, 0.4) is 0 Å². The lowest BCUT2D eigenvalue weighted by Gasteiger charge is -2.28. The number of hydrogen-bond acceptors (Lipinski definition) is 4. The summed E-state index contributed by atoms with van der Waals surface area (Å²) in [6.45, 7) is 4.41. The van der Waals surface area contributed by atoms with Gasteiger partial charge in [0.1, 0.15) is 0 Å². The van der Waals surface area contributed by atoms with Crippen molar-refractivity contribution in [3.63, 3.8) is 0 Å². The van der Waals surface area contributed by atoms with Crippen molar-refractivity contribution in [1.29, 1.82) is 0 Å². The molecule has 0 unspecified atom stereocenters. The Kier molecular flexibility index (Phi) is 6.31. The number of pyridine rings is 1. The Morgan fingerprint density at radius 3 is 2.43 bits per heavy atom. The standard InChI is InChI=1S/C26H31N5O2S2/c1-17-16-22(18(2)30(17)20-8-4-5-9-20)25-24(23-10-6-7-15-27-23)28-26(34)31(25)21-13-11-19(12-14-21)29-35(3,32)33/h6-7,10-16,20,24-25,29H,4-5,8-9H2,1-3H3,(H,28,34)/t24-,25-/m0/s1. The predicted octanol–water partition coefficient (Wildman–Crippen LogP) is 5.16. The molecule has 2 aliphatic rings. The van der Waals surface area contributed by atoms with Crippen LogP contribution in [0.15, 0.2) is 54.7 Å². The molecule has 0 radical (unpaired) electrons. The molecule has 35 heavy (non-hydrogen) atoms. The Labute approximate surface area is 212 Å². The zero-order chi connectivity index (χ0) is 24.7. The van der Waals surface area contributed by atoms with Crippen LogP contribution in [-0.4, -0.2) is 29.3 Å². The number of anilines is 2. The maximum absolute atomic E-state index is 11.6. The Morgan fingerprint density at radius 2 is 1.80 bits per heavy atom. The van der Waals surface area contributed by atoms with Crippen LogP contribution in [-0.2, 0) is 10.0 Å². The van der Waals surface area contributed by atoms with E-state index in [0.717, 1.165) is 17.6 Å². The summed E-state index contributed by atoms with van der Waals surface area (Å²) >= 11 is 5.86. The van der Waals surface area contributed by atoms with E-state index in [9.17, 15) is 8.42 Å². The number of thiocarbonyl (C=S) groups is 1. The maximum Gasteiger partial charge on any atom is 0.229 e. The number of rotatable bonds is 6. The molecule has 7 nitrogen and oxygen atoms in total. The Morgan fingerprint density at radius 1 is 1.09 bits per heavy atom. The lowest BCUT2D eigenvalue weighted by molar-refractivity contribution is 0.494. The summed E-state index contributed by atoms with van der Waals surface area (Å²) in [6.07, 6.45) is 7.96. The lowest BCUT2D eigenvalue weighted by Crippen LogP contribution is -2.29. The summed E-state index contributed by atoms with van der Waals surface area (Å²) in [5.74, 6) is 0. The topological polar surface area (TPSA) is 79.3 Å². The summed E-state index contributed by atoms with van der Waals surface area (Å²) in [4.78, 5) is 6.80. The minimum Gasteiger partial charge on any atom is -0.351 e. The van der Waals surface area contributed by atoms with Crippen molar-refractivity contribution in [2.24, 2.45) is 0 Å². The van der Waals surface area contributed by atoms with Crippen molar-refractivity contribution >= 4 is 38.7 Å². The Bertz CT molecular complexity index is 1330. The highest BCUT2D eigenvalue weighted by atomic mass is 32.2. The molecule has 3 heterocycles. The van der Waals surface area contributed by atoms with Crippen LogP contribution in [0.5, 0.6) is 0 Å². The van der Waals surface area contributed by atoms with Crippen molar-refractivity contribution in [3.8, 4) is 0 Å². The van der Waals surface area contributed by atoms with Gasteiger partial charge in [-0.3, -0.25) is 9.71 Å². The minimum absolute atomic E-state index is 0.0903. The molecular weight excluding hydrogens is 478 g/mol. The number of sulfonamides is 1. The van der Waals surface area contributed by atoms with Crippen LogP contribution in [0.1, 0.15) is 66.5 Å². The smallest absolute Gasteiger partial charge is 0.229 e. The minimum atomic E-state index is -3.35. The predicted molar refractivity (Wildman–Crippen MR) is 144 cm³/mol. The summed E-state index contributed by atoms with van der Waals surface area (Å²) in [6, 6.07) is 16.0. The first-order valence-electron chi connectivity index (χ1n) is 12.0. The molecule has 1 aliphatic heterocycles. The van der Waals surface area contributed by atoms with Crippen molar-refractivity contribution in [3.05, 3.63) is 77.4 Å². The molecular formula is C26H31N5O2S2. The van der Waals surface area contributed by atoms with Gasteiger partial charge in [0, 0.05) is 35.0 Å². The van der Waals surface area contributed by atoms with Gasteiger partial charge in [0.25, 0.3) is 0 Å². The van der Waals surface area contributed by atoms with E-state index in [2.05, 4.69) is 44.4 Å². The summed E-state index contributed by atoms with van der Waals surface area (Å²) in [5.41, 5.74) is 6.13. The second kappa shape index (κ2) is 9.28. The molecule has 1 saturated carbocycles. The molecule has 2 N–H and O–H groups in total. The van der Waals surface area contributed by atoms with Crippen LogP contribution in [0.25, 0.3) is 0 Å². The zero-order valence-electron chi connectivity index (χ0n) is 20.2. The van der Waals surface area contributed by atoms with Gasteiger partial charge in [0.15, 0.2) is 5.11 Å². The van der Waals surface area contributed by atoms with Crippen LogP contribution in [0.2, 0.25) is 0 Å². The first kappa shape index (κ1) is 23.8. The van der Waals surface area contributed by atoms with Crippen molar-refractivity contribution in [2.45, 2.75) is 57.7 Å². The van der Waals surface area contributed by atoms with Gasteiger partial charge < -0.3 is 14.8 Å². The van der Waals surface area contributed by atoms with Crippen LogP contribution in [0.4, 0.5) is 11.4 Å². The fourth-order valence-corrected chi connectivity index (χ4v) is 6.59. The first-order chi connectivity index (χ1) is 16.7. The van der Waals surface area contributed by atoms with Gasteiger partial charge in [-0.05, 0) is 86.9 Å². The molecule has 9 heteroatoms. The molecule has 2 atom stereocenters. The van der Waals surface area contributed by atoms with Crippen LogP contribution >= 0.6 is 12.2 Å². The van der Waals surface area contributed by atoms with E-state index < -0.39 is 10.0 Å². The lowest BCUT2D eigenvalue weighted by atomic mass is 9.96. The molecule has 0 amide bonds. The number of aromatic nitrogens is 2. The van der Waals surface area contributed by atoms with E-state index in [4.69, 9.17) is 12.2 Å². The number of nitrogens with zero attached hydrogens (tertiary/aromatic N) is 3. The first-order valence-corrected chi connectivity index (χ1v) is 14.3. The fourth-order valence-electron chi connectivity index (χ4n) is 5.68. The summed E-state index contributed by atoms with van der Waals surface area (Å²) in [5, 5.41) is 4.14. The quantitative estimate of drug-likeness (QED) is 0.447. The molecule has 184 valence electrons. The molecule has 0 spiro atoms. The Hall–Kier alpha value is -2.91. The molecule has 1 aromatic carbocycles. The molecule has 3 aromatic rings. The SMILES string of the molecule is Cc1cc([C@H]2[C@H](c3ccccn3)NC(=S)N2c2ccc(NS(C)(=O)=O)cc2)c(C)n1C1CCCC1. The third-order valence-corrected chi connectivity index (χ3v) is 8.00. The van der Waals surface area contributed by atoms with Crippen LogP contribution < -0.4 is 14.9 Å². The monoisotopic (exact) mass is 509 g/mol. The highest BCUT2D eigenvalue weighted by Gasteiger charge is 2.42. The van der Waals surface area contributed by atoms with E-state index in [0.29, 0.717) is 16.8 Å². The third kappa shape index (κ3) is 4.67. The second-order valence-electron chi connectivity index (χ2n) is 9.55. The van der Waals surface area contributed by atoms with Gasteiger partial charge in [-0.2, -0.15) is 0 Å². The zero-order valence-corrected chi connectivity index (χ0v) is 21.9. The van der Waals surface area contributed by atoms with Gasteiger partial charge >= 0.3 is 0 Å². The van der Waals surface area contributed by atoms with Gasteiger partial charge in [0.05, 0.1) is 24.0 Å². The molecule has 2 aromatic heterocycles. The summed E-state index contributed by atoms with van der Waals surface area (Å²) in [7, 11) is -3.35. The summed E-state index contributed by atoms with van der Waals surface area (Å²) < 4.78 is 28.3. The highest BCUT2D eigenvalue weighted by Crippen LogP contribution is 2.45. The molecule has 1 aliphatic carbocycles. The van der Waals surface area contributed by atoms with Crippen LogP contribution in [0, 0.1) is 13.8 Å². The fraction of sp³-hybridized carbons (Fsp3) is 0.385. The average Bonchev–Trinajstić information content (AvgIpc) is 3.52. The normalized spacial score (nSPS) is 20.9. The second-order valence-corrected chi connectivity index (χ2v) is 11.7. The van der Waals surface area contributed by atoms with E-state index >= 15 is 0 Å². The van der Waals surface area contributed by atoms with Gasteiger partial charge in [0.2, 0.25) is 10.0 Å². The van der Waals surface area contributed by atoms with E-state index in [1.807, 2.05) is 36.5 Å². The number of aryl methyl sites for hydroxylation is 1. The molecule has 2 fully saturated rings. The van der Waals surface area contributed by atoms with Gasteiger partial charge in [-0.1, -0.05) is 18.9 Å². The Balaban J connectivity index is 1.59. The average molecular weight is 510 g/mol. The number of hydrogen-bond donors (Lipinski definition) is 2. The van der Waals surface area contributed by atoms with E-state index in [-0.39, 0.29) is 12.1 Å². The van der Waals surface area contributed by atoms with E-state index in [1.54, 1.807) is 12.1 Å². The van der Waals surface area contributed by atoms with Gasteiger partial charge in [-0.15, -0.1) is 0 Å². The number of nitrogens with one attached hydrogen (secondary N) is 2.